The average Bonchev–Trinajstić information content (AvgIpc) is 2.32. The Kier molecular flexibility index (Phi) is 3.50. The molecule has 0 N–H and O–H groups in total. The van der Waals surface area contributed by atoms with Gasteiger partial charge in [0.15, 0.2) is 0 Å². The summed E-state index contributed by atoms with van der Waals surface area (Å²) in [5, 5.41) is 8.73. The summed E-state index contributed by atoms with van der Waals surface area (Å²) in [4.78, 5) is 13.2. The van der Waals surface area contributed by atoms with Gasteiger partial charge in [0.25, 0.3) is 0 Å². The number of carbonyl (C=O) groups excluding carboxylic acids is 1. The van der Waals surface area contributed by atoms with Gasteiger partial charge in [0, 0.05) is 18.5 Å². The van der Waals surface area contributed by atoms with E-state index >= 15 is 0 Å². The van der Waals surface area contributed by atoms with Gasteiger partial charge >= 0.3 is 0 Å². The van der Waals surface area contributed by atoms with Crippen LogP contribution in [0.15, 0.2) is 18.2 Å². The molecule has 0 radical (unpaired) electrons. The van der Waals surface area contributed by atoms with E-state index in [1.807, 2.05) is 11.0 Å². The lowest BCUT2D eigenvalue weighted by Crippen LogP contribution is -2.35. The molecule has 1 aromatic carbocycles. The lowest BCUT2D eigenvalue weighted by molar-refractivity contribution is -0.122. The van der Waals surface area contributed by atoms with Gasteiger partial charge in [-0.15, -0.1) is 0 Å². The third-order valence-corrected chi connectivity index (χ3v) is 2.92. The predicted molar refractivity (Wildman–Crippen MR) is 60.6 cm³/mol. The first-order valence-corrected chi connectivity index (χ1v) is 5.62. The van der Waals surface area contributed by atoms with Crippen molar-refractivity contribution in [2.24, 2.45) is 0 Å². The maximum absolute atomic E-state index is 13.8. The summed E-state index contributed by atoms with van der Waals surface area (Å²) in [5.41, 5.74) is 0.546. The van der Waals surface area contributed by atoms with E-state index < -0.39 is 5.82 Å². The van der Waals surface area contributed by atoms with Gasteiger partial charge in [-0.25, -0.2) is 4.39 Å². The van der Waals surface area contributed by atoms with Crippen LogP contribution in [0.5, 0.6) is 0 Å². The van der Waals surface area contributed by atoms with Crippen LogP contribution < -0.4 is 0 Å². The van der Waals surface area contributed by atoms with E-state index in [1.165, 1.54) is 6.07 Å². The van der Waals surface area contributed by atoms with Crippen LogP contribution in [0.2, 0.25) is 0 Å². The van der Waals surface area contributed by atoms with Crippen molar-refractivity contribution in [3.8, 4) is 6.07 Å². The first kappa shape index (κ1) is 11.7. The molecule has 1 aromatic rings. The van der Waals surface area contributed by atoms with Crippen LogP contribution >= 0.6 is 0 Å². The molecule has 0 aliphatic carbocycles. The maximum Gasteiger partial charge on any atom is 0.146 e. The van der Waals surface area contributed by atoms with Gasteiger partial charge in [0.2, 0.25) is 0 Å². The van der Waals surface area contributed by atoms with Crippen LogP contribution in [0, 0.1) is 17.1 Å². The summed E-state index contributed by atoms with van der Waals surface area (Å²) in [6, 6.07) is 6.61. The molecule has 3 nitrogen and oxygen atoms in total. The van der Waals surface area contributed by atoms with E-state index in [0.717, 1.165) is 13.0 Å². The second kappa shape index (κ2) is 5.07. The molecule has 4 heteroatoms. The number of rotatable bonds is 2. The predicted octanol–water partition coefficient (Wildman–Crippen LogP) is 1.86. The molecule has 0 amide bonds. The monoisotopic (exact) mass is 232 g/mol. The molecule has 1 saturated heterocycles. The van der Waals surface area contributed by atoms with Crippen molar-refractivity contribution in [2.45, 2.75) is 19.4 Å². The second-order valence-electron chi connectivity index (χ2n) is 4.24. The average molecular weight is 232 g/mol. The normalized spacial score (nSPS) is 16.8. The first-order chi connectivity index (χ1) is 8.20. The molecular weight excluding hydrogens is 219 g/mol. The number of halogens is 1. The fraction of sp³-hybridized carbons (Fsp3) is 0.385. The number of Topliss-reactive ketones (excluding diaryl/α,β-unsaturated/α-hetero) is 1. The Bertz CT molecular complexity index is 479. The molecule has 0 saturated carbocycles. The number of hydrogen-bond acceptors (Lipinski definition) is 3. The maximum atomic E-state index is 13.8. The smallest absolute Gasteiger partial charge is 0.146 e. The van der Waals surface area contributed by atoms with Crippen molar-refractivity contribution in [2.75, 3.05) is 13.1 Å². The van der Waals surface area contributed by atoms with Gasteiger partial charge in [-0.3, -0.25) is 9.69 Å². The molecule has 2 rings (SSSR count). The van der Waals surface area contributed by atoms with Crippen LogP contribution in [0.3, 0.4) is 0 Å². The Morgan fingerprint density at radius 2 is 2.29 bits per heavy atom. The van der Waals surface area contributed by atoms with E-state index in [1.54, 1.807) is 12.1 Å². The zero-order chi connectivity index (χ0) is 12.3. The Morgan fingerprint density at radius 1 is 1.47 bits per heavy atom. The molecule has 0 bridgehead atoms. The second-order valence-corrected chi connectivity index (χ2v) is 4.24. The number of hydrogen-bond donors (Lipinski definition) is 0. The van der Waals surface area contributed by atoms with Crippen molar-refractivity contribution < 1.29 is 9.18 Å². The number of ketones is 1. The first-order valence-electron chi connectivity index (χ1n) is 5.62. The van der Waals surface area contributed by atoms with Gasteiger partial charge in [-0.05, 0) is 19.0 Å². The molecular formula is C13H13FN2O. The number of nitrogens with zero attached hydrogens (tertiary/aromatic N) is 2. The highest BCUT2D eigenvalue weighted by molar-refractivity contribution is 5.81. The minimum Gasteiger partial charge on any atom is -0.298 e. The molecule has 0 aromatic heterocycles. The van der Waals surface area contributed by atoms with E-state index in [9.17, 15) is 9.18 Å². The summed E-state index contributed by atoms with van der Waals surface area (Å²) in [6.45, 7) is 1.59. The molecule has 1 heterocycles. The highest BCUT2D eigenvalue weighted by atomic mass is 19.1. The Morgan fingerprint density at radius 3 is 3.00 bits per heavy atom. The number of benzene rings is 1. The van der Waals surface area contributed by atoms with E-state index in [0.29, 0.717) is 25.1 Å². The zero-order valence-corrected chi connectivity index (χ0v) is 9.45. The van der Waals surface area contributed by atoms with E-state index in [-0.39, 0.29) is 11.3 Å². The van der Waals surface area contributed by atoms with Crippen LogP contribution in [-0.2, 0) is 11.3 Å². The van der Waals surface area contributed by atoms with Crippen molar-refractivity contribution in [1.82, 2.24) is 4.90 Å². The standard InChI is InChI=1S/C13H13FN2O/c14-13-10(7-15)3-1-4-11(13)8-16-6-2-5-12(17)9-16/h1,3-4H,2,5-6,8-9H2. The summed E-state index contributed by atoms with van der Waals surface area (Å²) >= 11 is 0. The van der Waals surface area contributed by atoms with Crippen LogP contribution in [-0.4, -0.2) is 23.8 Å². The number of nitriles is 1. The summed E-state index contributed by atoms with van der Waals surface area (Å²) in [6.07, 6.45) is 1.45. The third-order valence-electron chi connectivity index (χ3n) is 2.92. The lowest BCUT2D eigenvalue weighted by Gasteiger charge is -2.25. The Hall–Kier alpha value is -1.73. The molecule has 1 aliphatic rings. The molecule has 1 aliphatic heterocycles. The van der Waals surface area contributed by atoms with Crippen molar-refractivity contribution in [1.29, 1.82) is 5.26 Å². The van der Waals surface area contributed by atoms with Crippen LogP contribution in [0.25, 0.3) is 0 Å². The van der Waals surface area contributed by atoms with E-state index in [4.69, 9.17) is 5.26 Å². The van der Waals surface area contributed by atoms with Gasteiger partial charge < -0.3 is 0 Å². The zero-order valence-electron chi connectivity index (χ0n) is 9.45. The fourth-order valence-electron chi connectivity index (χ4n) is 2.07. The third kappa shape index (κ3) is 2.69. The molecule has 0 spiro atoms. The largest absolute Gasteiger partial charge is 0.298 e. The summed E-state index contributed by atoms with van der Waals surface area (Å²) in [5.74, 6) is -0.263. The lowest BCUT2D eigenvalue weighted by atomic mass is 10.1. The quantitative estimate of drug-likeness (QED) is 0.781. The number of piperidine rings is 1. The molecule has 17 heavy (non-hydrogen) atoms. The number of likely N-dealkylation sites (tertiary alicyclic amines) is 1. The van der Waals surface area contributed by atoms with Crippen LogP contribution in [0.1, 0.15) is 24.0 Å². The van der Waals surface area contributed by atoms with Gasteiger partial charge in [0.1, 0.15) is 17.7 Å². The number of carbonyl (C=O) groups is 1. The molecule has 0 unspecified atom stereocenters. The van der Waals surface area contributed by atoms with Gasteiger partial charge in [-0.1, -0.05) is 12.1 Å². The summed E-state index contributed by atoms with van der Waals surface area (Å²) in [7, 11) is 0. The molecule has 0 atom stereocenters. The van der Waals surface area contributed by atoms with Gasteiger partial charge in [-0.2, -0.15) is 5.26 Å². The van der Waals surface area contributed by atoms with Crippen molar-refractivity contribution in [3.63, 3.8) is 0 Å². The van der Waals surface area contributed by atoms with Crippen molar-refractivity contribution >= 4 is 5.78 Å². The Labute approximate surface area is 99.5 Å². The fourth-order valence-corrected chi connectivity index (χ4v) is 2.07. The highest BCUT2D eigenvalue weighted by Gasteiger charge is 2.18. The molecule has 1 fully saturated rings. The topological polar surface area (TPSA) is 44.1 Å². The van der Waals surface area contributed by atoms with E-state index in [2.05, 4.69) is 0 Å². The minimum atomic E-state index is -0.465. The van der Waals surface area contributed by atoms with Crippen molar-refractivity contribution in [3.05, 3.63) is 35.1 Å². The van der Waals surface area contributed by atoms with Gasteiger partial charge in [0.05, 0.1) is 12.1 Å². The minimum absolute atomic E-state index is 0.0610. The Balaban J connectivity index is 2.13. The van der Waals surface area contributed by atoms with Crippen LogP contribution in [0.4, 0.5) is 4.39 Å². The molecule has 88 valence electrons. The summed E-state index contributed by atoms with van der Waals surface area (Å²) < 4.78 is 13.8. The highest BCUT2D eigenvalue weighted by Crippen LogP contribution is 2.16. The SMILES string of the molecule is N#Cc1cccc(CN2CCCC(=O)C2)c1F.